The van der Waals surface area contributed by atoms with Gasteiger partial charge in [-0.3, -0.25) is 14.6 Å². The summed E-state index contributed by atoms with van der Waals surface area (Å²) in [7, 11) is 0. The Hall–Kier alpha value is -0.410. The Balaban J connectivity index is 1.85. The predicted octanol–water partition coefficient (Wildman–Crippen LogP) is 1.52. The first-order chi connectivity index (χ1) is 7.74. The van der Waals surface area contributed by atoms with Crippen LogP contribution in [0.25, 0.3) is 0 Å². The Kier molecular flexibility index (Phi) is 3.98. The summed E-state index contributed by atoms with van der Waals surface area (Å²) < 4.78 is 0. The van der Waals surface area contributed by atoms with Crippen molar-refractivity contribution in [1.29, 1.82) is 0 Å². The van der Waals surface area contributed by atoms with Crippen LogP contribution in [0, 0.1) is 0 Å². The first-order valence-electron chi connectivity index (χ1n) is 6.74. The Morgan fingerprint density at radius 2 is 2.06 bits per heavy atom. The molecule has 0 amide bonds. The molecule has 2 fully saturated rings. The normalized spacial score (nSPS) is 31.8. The predicted molar refractivity (Wildman–Crippen MR) is 65.5 cm³/mol. The number of Topliss-reactive ketones (excluding diaryl/α,β-unsaturated/α-hetero) is 1. The molecule has 3 heteroatoms. The van der Waals surface area contributed by atoms with Gasteiger partial charge in [0.25, 0.3) is 0 Å². The SMILES string of the molecule is CCN(CC)C1CCN(C2CCC(=O)C2)C1. The standard InChI is InChI=1S/C13H24N2O/c1-3-14(4-2)12-7-8-15(10-12)11-5-6-13(16)9-11/h11-12H,3-10H2,1-2H3. The van der Waals surface area contributed by atoms with Gasteiger partial charge in [-0.05, 0) is 25.9 Å². The highest BCUT2D eigenvalue weighted by atomic mass is 16.1. The van der Waals surface area contributed by atoms with Gasteiger partial charge < -0.3 is 0 Å². The second-order valence-corrected chi connectivity index (χ2v) is 5.09. The number of nitrogens with zero attached hydrogens (tertiary/aromatic N) is 2. The summed E-state index contributed by atoms with van der Waals surface area (Å²) >= 11 is 0. The Bertz CT molecular complexity index is 250. The van der Waals surface area contributed by atoms with Crippen molar-refractivity contribution >= 4 is 5.78 Å². The zero-order valence-corrected chi connectivity index (χ0v) is 10.6. The number of ketones is 1. The van der Waals surface area contributed by atoms with Gasteiger partial charge in [0.1, 0.15) is 5.78 Å². The summed E-state index contributed by atoms with van der Waals surface area (Å²) in [6.07, 6.45) is 4.01. The minimum Gasteiger partial charge on any atom is -0.300 e. The van der Waals surface area contributed by atoms with Crippen molar-refractivity contribution in [3.05, 3.63) is 0 Å². The smallest absolute Gasteiger partial charge is 0.134 e. The lowest BCUT2D eigenvalue weighted by Crippen LogP contribution is -2.39. The van der Waals surface area contributed by atoms with E-state index in [1.807, 2.05) is 0 Å². The van der Waals surface area contributed by atoms with E-state index in [2.05, 4.69) is 23.6 Å². The molecule has 2 atom stereocenters. The van der Waals surface area contributed by atoms with E-state index in [-0.39, 0.29) is 0 Å². The van der Waals surface area contributed by atoms with E-state index in [0.29, 0.717) is 11.8 Å². The molecule has 0 bridgehead atoms. The second kappa shape index (κ2) is 5.28. The van der Waals surface area contributed by atoms with E-state index < -0.39 is 0 Å². The Labute approximate surface area is 98.8 Å². The highest BCUT2D eigenvalue weighted by Gasteiger charge is 2.34. The molecule has 1 saturated carbocycles. The zero-order chi connectivity index (χ0) is 11.5. The van der Waals surface area contributed by atoms with Gasteiger partial charge >= 0.3 is 0 Å². The third kappa shape index (κ3) is 2.46. The summed E-state index contributed by atoms with van der Waals surface area (Å²) in [5.41, 5.74) is 0. The van der Waals surface area contributed by atoms with Crippen molar-refractivity contribution in [2.45, 2.75) is 51.6 Å². The van der Waals surface area contributed by atoms with Gasteiger partial charge in [-0.25, -0.2) is 0 Å². The molecule has 1 aliphatic carbocycles. The average molecular weight is 224 g/mol. The fourth-order valence-electron chi connectivity index (χ4n) is 3.24. The topological polar surface area (TPSA) is 23.6 Å². The van der Waals surface area contributed by atoms with Gasteiger partial charge in [0.05, 0.1) is 0 Å². The molecular formula is C13H24N2O. The van der Waals surface area contributed by atoms with Crippen LogP contribution in [-0.2, 0) is 4.79 Å². The molecule has 2 rings (SSSR count). The molecule has 16 heavy (non-hydrogen) atoms. The van der Waals surface area contributed by atoms with Crippen LogP contribution in [-0.4, -0.2) is 53.8 Å². The molecule has 0 N–H and O–H groups in total. The van der Waals surface area contributed by atoms with Crippen LogP contribution < -0.4 is 0 Å². The van der Waals surface area contributed by atoms with Crippen molar-refractivity contribution in [3.63, 3.8) is 0 Å². The Morgan fingerprint density at radius 3 is 2.62 bits per heavy atom. The monoisotopic (exact) mass is 224 g/mol. The van der Waals surface area contributed by atoms with Crippen LogP contribution in [0.2, 0.25) is 0 Å². The van der Waals surface area contributed by atoms with Crippen LogP contribution in [0.5, 0.6) is 0 Å². The number of carbonyl (C=O) groups is 1. The number of carbonyl (C=O) groups excluding carboxylic acids is 1. The number of rotatable bonds is 4. The van der Waals surface area contributed by atoms with E-state index in [1.165, 1.54) is 19.5 Å². The van der Waals surface area contributed by atoms with Crippen molar-refractivity contribution < 1.29 is 4.79 Å². The Morgan fingerprint density at radius 1 is 1.31 bits per heavy atom. The maximum Gasteiger partial charge on any atom is 0.134 e. The lowest BCUT2D eigenvalue weighted by Gasteiger charge is -2.28. The van der Waals surface area contributed by atoms with E-state index in [9.17, 15) is 4.79 Å². The van der Waals surface area contributed by atoms with E-state index in [4.69, 9.17) is 0 Å². The number of hydrogen-bond donors (Lipinski definition) is 0. The van der Waals surface area contributed by atoms with Gasteiger partial charge in [-0.15, -0.1) is 0 Å². The molecule has 0 aromatic carbocycles. The summed E-state index contributed by atoms with van der Waals surface area (Å²) in [5, 5.41) is 0. The van der Waals surface area contributed by atoms with Crippen LogP contribution in [0.1, 0.15) is 39.5 Å². The minimum absolute atomic E-state index is 0.469. The maximum atomic E-state index is 11.3. The highest BCUT2D eigenvalue weighted by Crippen LogP contribution is 2.26. The first-order valence-corrected chi connectivity index (χ1v) is 6.74. The third-order valence-electron chi connectivity index (χ3n) is 4.26. The molecule has 3 nitrogen and oxygen atoms in total. The van der Waals surface area contributed by atoms with Gasteiger partial charge in [0.2, 0.25) is 0 Å². The molecule has 0 radical (unpaired) electrons. The molecule has 1 heterocycles. The van der Waals surface area contributed by atoms with Gasteiger partial charge in [0, 0.05) is 38.0 Å². The highest BCUT2D eigenvalue weighted by molar-refractivity contribution is 5.81. The molecular weight excluding hydrogens is 200 g/mol. The lowest BCUT2D eigenvalue weighted by molar-refractivity contribution is -0.117. The molecule has 0 aromatic heterocycles. The molecule has 1 saturated heterocycles. The van der Waals surface area contributed by atoms with Gasteiger partial charge in [-0.2, -0.15) is 0 Å². The average Bonchev–Trinajstić information content (AvgIpc) is 2.89. The summed E-state index contributed by atoms with van der Waals surface area (Å²) in [4.78, 5) is 16.4. The van der Waals surface area contributed by atoms with E-state index in [0.717, 1.165) is 38.4 Å². The molecule has 2 aliphatic rings. The van der Waals surface area contributed by atoms with Gasteiger partial charge in [0.15, 0.2) is 0 Å². The fourth-order valence-corrected chi connectivity index (χ4v) is 3.24. The third-order valence-corrected chi connectivity index (χ3v) is 4.26. The summed E-state index contributed by atoms with van der Waals surface area (Å²) in [6, 6.07) is 1.29. The van der Waals surface area contributed by atoms with Crippen LogP contribution >= 0.6 is 0 Å². The maximum absolute atomic E-state index is 11.3. The molecule has 2 unspecified atom stereocenters. The quantitative estimate of drug-likeness (QED) is 0.723. The van der Waals surface area contributed by atoms with Crippen LogP contribution in [0.15, 0.2) is 0 Å². The first kappa shape index (κ1) is 12.1. The zero-order valence-electron chi connectivity index (χ0n) is 10.6. The lowest BCUT2D eigenvalue weighted by atomic mass is 10.2. The minimum atomic E-state index is 0.469. The number of likely N-dealkylation sites (tertiary alicyclic amines) is 1. The molecule has 92 valence electrons. The molecule has 1 aliphatic heterocycles. The van der Waals surface area contributed by atoms with Crippen LogP contribution in [0.3, 0.4) is 0 Å². The van der Waals surface area contributed by atoms with E-state index in [1.54, 1.807) is 0 Å². The number of hydrogen-bond acceptors (Lipinski definition) is 3. The summed E-state index contributed by atoms with van der Waals surface area (Å²) in [5.74, 6) is 0.469. The van der Waals surface area contributed by atoms with Crippen molar-refractivity contribution in [1.82, 2.24) is 9.80 Å². The van der Waals surface area contributed by atoms with Crippen molar-refractivity contribution in [2.75, 3.05) is 26.2 Å². The largest absolute Gasteiger partial charge is 0.300 e. The molecule has 0 aromatic rings. The second-order valence-electron chi connectivity index (χ2n) is 5.09. The fraction of sp³-hybridized carbons (Fsp3) is 0.923. The van der Waals surface area contributed by atoms with E-state index >= 15 is 0 Å². The molecule has 0 spiro atoms. The van der Waals surface area contributed by atoms with Crippen molar-refractivity contribution in [2.24, 2.45) is 0 Å². The summed E-state index contributed by atoms with van der Waals surface area (Å²) in [6.45, 7) is 9.16. The van der Waals surface area contributed by atoms with Crippen molar-refractivity contribution in [3.8, 4) is 0 Å². The van der Waals surface area contributed by atoms with Crippen LogP contribution in [0.4, 0.5) is 0 Å². The van der Waals surface area contributed by atoms with Gasteiger partial charge in [-0.1, -0.05) is 13.8 Å². The number of likely N-dealkylation sites (N-methyl/N-ethyl adjacent to an activating group) is 1.